The summed E-state index contributed by atoms with van der Waals surface area (Å²) in [5.41, 5.74) is -1.05. The van der Waals surface area contributed by atoms with Crippen molar-refractivity contribution < 1.29 is 23.6 Å². The Kier molecular flexibility index (Phi) is 7.58. The predicted molar refractivity (Wildman–Crippen MR) is 113 cm³/mol. The van der Waals surface area contributed by atoms with Gasteiger partial charge in [0.1, 0.15) is 11.6 Å². The molecule has 31 heavy (non-hydrogen) atoms. The molecule has 1 saturated heterocycles. The Balaban J connectivity index is 2.32. The summed E-state index contributed by atoms with van der Waals surface area (Å²) in [5.74, 6) is -1.95. The van der Waals surface area contributed by atoms with Crippen molar-refractivity contribution in [3.8, 4) is 0 Å². The Hall–Kier alpha value is -2.75. The van der Waals surface area contributed by atoms with E-state index in [1.165, 1.54) is 6.07 Å². The molecule has 1 aliphatic heterocycles. The van der Waals surface area contributed by atoms with Gasteiger partial charge in [-0.1, -0.05) is 13.0 Å². The topological polar surface area (TPSA) is 105 Å². The molecule has 9 nitrogen and oxygen atoms in total. The molecule has 0 unspecified atom stereocenters. The van der Waals surface area contributed by atoms with Crippen LogP contribution in [0.1, 0.15) is 46.1 Å². The number of nitrogens with one attached hydrogen (secondary N) is 1. The van der Waals surface area contributed by atoms with Crippen LogP contribution < -0.4 is 5.32 Å². The molecule has 172 valence electrons. The first kappa shape index (κ1) is 24.5. The Morgan fingerprint density at radius 3 is 2.48 bits per heavy atom. The number of ether oxygens (including phenoxy) is 1. The highest BCUT2D eigenvalue weighted by Crippen LogP contribution is 2.27. The zero-order chi connectivity index (χ0) is 23.5. The summed E-state index contributed by atoms with van der Waals surface area (Å²) in [7, 11) is 1.98. The number of benzene rings is 1. The molecule has 1 aromatic rings. The normalized spacial score (nSPS) is 19.5. The molecule has 10 heteroatoms. The molecule has 1 fully saturated rings. The van der Waals surface area contributed by atoms with Gasteiger partial charge in [-0.2, -0.15) is 4.39 Å². The van der Waals surface area contributed by atoms with Gasteiger partial charge in [0.15, 0.2) is 0 Å². The fourth-order valence-electron chi connectivity index (χ4n) is 3.43. The number of alkyl carbamates (subject to hydrolysis) is 1. The molecule has 2 rings (SSSR count). The zero-order valence-electron chi connectivity index (χ0n) is 18.8. The third-order valence-electron chi connectivity index (χ3n) is 5.40. The maximum absolute atomic E-state index is 14.2. The van der Waals surface area contributed by atoms with Gasteiger partial charge in [-0.15, -0.1) is 0 Å². The lowest BCUT2D eigenvalue weighted by molar-refractivity contribution is -0.387. The molecular formula is C21H31FN4O5. The first-order valence-corrected chi connectivity index (χ1v) is 10.2. The minimum atomic E-state index is -1.02. The summed E-state index contributed by atoms with van der Waals surface area (Å²) in [4.78, 5) is 39.7. The van der Waals surface area contributed by atoms with Gasteiger partial charge in [-0.3, -0.25) is 14.9 Å². The summed E-state index contributed by atoms with van der Waals surface area (Å²) < 4.78 is 19.5. The van der Waals surface area contributed by atoms with E-state index in [0.717, 1.165) is 12.1 Å². The van der Waals surface area contributed by atoms with Crippen molar-refractivity contribution in [1.82, 2.24) is 15.1 Å². The third kappa shape index (κ3) is 6.36. The van der Waals surface area contributed by atoms with Crippen LogP contribution in [-0.4, -0.2) is 71.1 Å². The number of carbonyl (C=O) groups is 2. The van der Waals surface area contributed by atoms with Crippen LogP contribution in [-0.2, 0) is 9.53 Å². The first-order valence-electron chi connectivity index (χ1n) is 10.2. The highest BCUT2D eigenvalue weighted by atomic mass is 19.1. The average Bonchev–Trinajstić information content (AvgIpc) is 2.65. The van der Waals surface area contributed by atoms with Gasteiger partial charge in [0.25, 0.3) is 0 Å². The minimum absolute atomic E-state index is 0.145. The van der Waals surface area contributed by atoms with E-state index < -0.39 is 40.1 Å². The van der Waals surface area contributed by atoms with Crippen LogP contribution in [0, 0.1) is 15.9 Å². The quantitative estimate of drug-likeness (QED) is 0.560. The summed E-state index contributed by atoms with van der Waals surface area (Å²) in [5, 5.41) is 13.5. The van der Waals surface area contributed by atoms with Crippen LogP contribution in [0.5, 0.6) is 0 Å². The van der Waals surface area contributed by atoms with E-state index >= 15 is 0 Å². The van der Waals surface area contributed by atoms with E-state index in [4.69, 9.17) is 4.74 Å². The Bertz CT molecular complexity index is 842. The van der Waals surface area contributed by atoms with Gasteiger partial charge in [0, 0.05) is 37.7 Å². The second-order valence-electron chi connectivity index (χ2n) is 8.99. The average molecular weight is 439 g/mol. The highest BCUT2D eigenvalue weighted by molar-refractivity contribution is 5.87. The second kappa shape index (κ2) is 9.59. The molecule has 1 aliphatic rings. The van der Waals surface area contributed by atoms with E-state index in [9.17, 15) is 24.1 Å². The fourth-order valence-corrected chi connectivity index (χ4v) is 3.43. The summed E-state index contributed by atoms with van der Waals surface area (Å²) in [6.07, 6.45) is -0.762. The molecule has 0 aromatic heterocycles. The SMILES string of the molecule is C[C@@H]1CN(C(=O)[C@H](NC(=O)OC(C)(C)C)[C@@H](C)c2ccc([N+](=O)[O-])c(F)c2)CCN1C. The van der Waals surface area contributed by atoms with Crippen molar-refractivity contribution in [2.45, 2.75) is 58.2 Å². The zero-order valence-corrected chi connectivity index (χ0v) is 18.8. The molecule has 1 heterocycles. The van der Waals surface area contributed by atoms with Crippen molar-refractivity contribution in [2.75, 3.05) is 26.7 Å². The Morgan fingerprint density at radius 1 is 1.32 bits per heavy atom. The van der Waals surface area contributed by atoms with Gasteiger partial charge >= 0.3 is 11.8 Å². The number of nitro benzene ring substituents is 1. The number of hydrogen-bond acceptors (Lipinski definition) is 6. The van der Waals surface area contributed by atoms with E-state index in [-0.39, 0.29) is 11.9 Å². The molecular weight excluding hydrogens is 407 g/mol. The van der Waals surface area contributed by atoms with Gasteiger partial charge in [0.05, 0.1) is 4.92 Å². The van der Waals surface area contributed by atoms with E-state index in [1.54, 1.807) is 32.6 Å². The standard InChI is InChI=1S/C21H31FN4O5/c1-13-12-25(10-9-24(13)6)19(27)18(23-20(28)31-21(3,4)5)14(2)15-7-8-17(26(29)30)16(22)11-15/h7-8,11,13-14,18H,9-10,12H2,1-6H3,(H,23,28)/t13-,14+,18-/m1/s1. The van der Waals surface area contributed by atoms with Gasteiger partial charge in [0.2, 0.25) is 11.7 Å². The van der Waals surface area contributed by atoms with Gasteiger partial charge in [-0.25, -0.2) is 4.79 Å². The molecule has 0 radical (unpaired) electrons. The Morgan fingerprint density at radius 2 is 1.97 bits per heavy atom. The maximum Gasteiger partial charge on any atom is 0.408 e. The molecule has 1 N–H and O–H groups in total. The van der Waals surface area contributed by atoms with E-state index in [2.05, 4.69) is 10.2 Å². The van der Waals surface area contributed by atoms with Crippen LogP contribution in [0.15, 0.2) is 18.2 Å². The number of piperazine rings is 1. The van der Waals surface area contributed by atoms with Crippen LogP contribution in [0.3, 0.4) is 0 Å². The maximum atomic E-state index is 14.2. The number of amides is 2. The van der Waals surface area contributed by atoms with Crippen LogP contribution >= 0.6 is 0 Å². The van der Waals surface area contributed by atoms with E-state index in [1.807, 2.05) is 14.0 Å². The first-order chi connectivity index (χ1) is 14.3. The largest absolute Gasteiger partial charge is 0.444 e. The van der Waals surface area contributed by atoms with Crippen molar-refractivity contribution in [2.24, 2.45) is 0 Å². The smallest absolute Gasteiger partial charge is 0.408 e. The predicted octanol–water partition coefficient (Wildman–Crippen LogP) is 2.89. The van der Waals surface area contributed by atoms with Crippen molar-refractivity contribution in [1.29, 1.82) is 0 Å². The van der Waals surface area contributed by atoms with Crippen molar-refractivity contribution in [3.05, 3.63) is 39.7 Å². The molecule has 0 saturated carbocycles. The summed E-state index contributed by atoms with van der Waals surface area (Å²) in [6.45, 7) is 10.5. The number of halogens is 1. The second-order valence-corrected chi connectivity index (χ2v) is 8.99. The number of rotatable bonds is 5. The van der Waals surface area contributed by atoms with Crippen molar-refractivity contribution in [3.63, 3.8) is 0 Å². The molecule has 0 aliphatic carbocycles. The monoisotopic (exact) mass is 438 g/mol. The third-order valence-corrected chi connectivity index (χ3v) is 5.40. The molecule has 1 aromatic carbocycles. The number of likely N-dealkylation sites (N-methyl/N-ethyl adjacent to an activating group) is 1. The van der Waals surface area contributed by atoms with E-state index in [0.29, 0.717) is 25.2 Å². The number of carbonyl (C=O) groups excluding carboxylic acids is 2. The Labute approximate surface area is 181 Å². The summed E-state index contributed by atoms with van der Waals surface area (Å²) in [6, 6.07) is 2.62. The van der Waals surface area contributed by atoms with Gasteiger partial charge < -0.3 is 19.9 Å². The minimum Gasteiger partial charge on any atom is -0.444 e. The molecule has 3 atom stereocenters. The lowest BCUT2D eigenvalue weighted by atomic mass is 9.91. The molecule has 0 spiro atoms. The molecule has 2 amide bonds. The molecule has 0 bridgehead atoms. The van der Waals surface area contributed by atoms with Crippen LogP contribution in [0.4, 0.5) is 14.9 Å². The number of nitrogens with zero attached hydrogens (tertiary/aromatic N) is 3. The number of nitro groups is 1. The summed E-state index contributed by atoms with van der Waals surface area (Å²) >= 11 is 0. The number of hydrogen-bond donors (Lipinski definition) is 1. The van der Waals surface area contributed by atoms with Crippen LogP contribution in [0.2, 0.25) is 0 Å². The van der Waals surface area contributed by atoms with Crippen LogP contribution in [0.25, 0.3) is 0 Å². The van der Waals surface area contributed by atoms with Crippen molar-refractivity contribution >= 4 is 17.7 Å². The fraction of sp³-hybridized carbons (Fsp3) is 0.619. The lowest BCUT2D eigenvalue weighted by Gasteiger charge is -2.40. The van der Waals surface area contributed by atoms with Gasteiger partial charge in [-0.05, 0) is 46.4 Å². The lowest BCUT2D eigenvalue weighted by Crippen LogP contribution is -2.58. The highest BCUT2D eigenvalue weighted by Gasteiger charge is 2.35.